The molecule has 0 N–H and O–H groups in total. The first kappa shape index (κ1) is 17.6. The second-order valence-electron chi connectivity index (χ2n) is 7.14. The average molecular weight is 438 g/mol. The Labute approximate surface area is 144 Å². The van der Waals surface area contributed by atoms with Crippen LogP contribution < -0.4 is 0 Å². The van der Waals surface area contributed by atoms with E-state index in [9.17, 15) is 4.79 Å². The summed E-state index contributed by atoms with van der Waals surface area (Å²) in [5.41, 5.74) is -0.858. The molecule has 0 aliphatic carbocycles. The van der Waals surface area contributed by atoms with Crippen LogP contribution in [0.2, 0.25) is 18.1 Å². The number of carbonyl (C=O) groups excluding carboxylic acids is 1. The number of halogens is 2. The molecule has 2 unspecified atom stereocenters. The Kier molecular flexibility index (Phi) is 4.78. The predicted molar refractivity (Wildman–Crippen MR) is 94.4 cm³/mol. The zero-order chi connectivity index (χ0) is 16.1. The maximum absolute atomic E-state index is 12.5. The Hall–Kier alpha value is 0.247. The van der Waals surface area contributed by atoms with Gasteiger partial charge >= 0.3 is 0 Å². The van der Waals surface area contributed by atoms with Gasteiger partial charge < -0.3 is 9.16 Å². The van der Waals surface area contributed by atoms with Crippen molar-refractivity contribution in [3.05, 3.63) is 21.1 Å². The maximum Gasteiger partial charge on any atom is 0.206 e. The number of hydrogen-bond acceptors (Lipinski definition) is 3. The summed E-state index contributed by atoms with van der Waals surface area (Å²) in [5.74, 6) is -0.0294. The van der Waals surface area contributed by atoms with E-state index in [0.29, 0.717) is 17.5 Å². The number of ketones is 1. The molecule has 0 aromatic heterocycles. The minimum absolute atomic E-state index is 0.0294. The number of rotatable bonds is 4. The molecule has 0 spiro atoms. The lowest BCUT2D eigenvalue weighted by atomic mass is 9.94. The molecule has 2 rings (SSSR count). The first-order chi connectivity index (χ1) is 9.50. The summed E-state index contributed by atoms with van der Waals surface area (Å²) in [6.07, 6.45) is 4.21. The van der Waals surface area contributed by atoms with Gasteiger partial charge in [-0.15, -0.1) is 0 Å². The molecule has 2 aliphatic rings. The highest BCUT2D eigenvalue weighted by Crippen LogP contribution is 2.44. The average Bonchev–Trinajstić information content (AvgIpc) is 2.76. The zero-order valence-corrected chi connectivity index (χ0v) is 17.3. The van der Waals surface area contributed by atoms with E-state index in [-0.39, 0.29) is 16.9 Å². The van der Waals surface area contributed by atoms with Crippen molar-refractivity contribution in [2.75, 3.05) is 6.61 Å². The van der Waals surface area contributed by atoms with Crippen LogP contribution in [0.1, 0.15) is 27.2 Å². The fraction of sp³-hybridized carbons (Fsp3) is 0.667. The highest BCUT2D eigenvalue weighted by molar-refractivity contribution is 9.14. The second-order valence-corrected chi connectivity index (χ2v) is 13.6. The Morgan fingerprint density at radius 3 is 2.57 bits per heavy atom. The fourth-order valence-electron chi connectivity index (χ4n) is 2.16. The molecule has 2 atom stereocenters. The largest absolute Gasteiger partial charge is 0.417 e. The fourth-order valence-corrected chi connectivity index (χ4v) is 4.20. The van der Waals surface area contributed by atoms with Crippen LogP contribution >= 0.6 is 31.9 Å². The molecule has 0 amide bonds. The summed E-state index contributed by atoms with van der Waals surface area (Å²) < 4.78 is 13.4. The van der Waals surface area contributed by atoms with Gasteiger partial charge in [-0.3, -0.25) is 4.79 Å². The summed E-state index contributed by atoms with van der Waals surface area (Å²) in [6.45, 7) is 11.6. The van der Waals surface area contributed by atoms with Gasteiger partial charge in [0.25, 0.3) is 0 Å². The first-order valence-electron chi connectivity index (χ1n) is 7.11. The van der Waals surface area contributed by atoms with Crippen molar-refractivity contribution in [2.45, 2.75) is 57.0 Å². The molecule has 6 heteroatoms. The van der Waals surface area contributed by atoms with Crippen molar-refractivity contribution >= 4 is 46.0 Å². The van der Waals surface area contributed by atoms with E-state index in [1.807, 2.05) is 12.2 Å². The molecule has 0 saturated carbocycles. The standard InChI is InChI=1S/C15H22Br2O3Si/c1-14(2,3)21(4,5)19-9-8-15-7-6-10(20-15)11(16)12(17)13(15)18/h6-7,10H,8-9H2,1-5H3. The monoisotopic (exact) mass is 436 g/mol. The van der Waals surface area contributed by atoms with E-state index < -0.39 is 13.9 Å². The van der Waals surface area contributed by atoms with Crippen LogP contribution in [-0.4, -0.2) is 32.4 Å². The molecule has 0 radical (unpaired) electrons. The lowest BCUT2D eigenvalue weighted by Crippen LogP contribution is -2.46. The van der Waals surface area contributed by atoms with Crippen molar-refractivity contribution in [1.82, 2.24) is 0 Å². The quantitative estimate of drug-likeness (QED) is 0.473. The van der Waals surface area contributed by atoms with Crippen molar-refractivity contribution in [2.24, 2.45) is 0 Å². The molecule has 0 fully saturated rings. The van der Waals surface area contributed by atoms with E-state index in [1.165, 1.54) is 0 Å². The van der Waals surface area contributed by atoms with E-state index >= 15 is 0 Å². The summed E-state index contributed by atoms with van der Waals surface area (Å²) in [4.78, 5) is 12.5. The molecule has 0 saturated heterocycles. The predicted octanol–water partition coefficient (Wildman–Crippen LogP) is 4.68. The third-order valence-electron chi connectivity index (χ3n) is 4.66. The van der Waals surface area contributed by atoms with Crippen molar-refractivity contribution in [1.29, 1.82) is 0 Å². The normalized spacial score (nSPS) is 29.5. The third-order valence-corrected chi connectivity index (χ3v) is 11.4. The lowest BCUT2D eigenvalue weighted by Gasteiger charge is -2.38. The number of carbonyl (C=O) groups is 1. The van der Waals surface area contributed by atoms with Gasteiger partial charge in [-0.2, -0.15) is 0 Å². The van der Waals surface area contributed by atoms with Crippen LogP contribution in [0.25, 0.3) is 0 Å². The molecule has 21 heavy (non-hydrogen) atoms. The number of hydrogen-bond donors (Lipinski definition) is 0. The summed E-state index contributed by atoms with van der Waals surface area (Å²) in [5, 5.41) is 0.166. The van der Waals surface area contributed by atoms with E-state index in [0.717, 1.165) is 4.48 Å². The van der Waals surface area contributed by atoms with Gasteiger partial charge in [0.2, 0.25) is 5.78 Å². The van der Waals surface area contributed by atoms with Gasteiger partial charge in [-0.1, -0.05) is 42.8 Å². The van der Waals surface area contributed by atoms with Gasteiger partial charge in [-0.05, 0) is 40.1 Å². The van der Waals surface area contributed by atoms with E-state index in [1.54, 1.807) is 0 Å². The number of Topliss-reactive ketones (excluding diaryl/α,β-unsaturated/α-hetero) is 1. The molecule has 3 nitrogen and oxygen atoms in total. The van der Waals surface area contributed by atoms with Crippen LogP contribution in [0.15, 0.2) is 21.1 Å². The molecular weight excluding hydrogens is 416 g/mol. The number of fused-ring (bicyclic) bond motifs is 2. The lowest BCUT2D eigenvalue weighted by molar-refractivity contribution is -0.137. The topological polar surface area (TPSA) is 35.5 Å². The minimum atomic E-state index is -1.80. The summed E-state index contributed by atoms with van der Waals surface area (Å²) in [6, 6.07) is 0. The molecule has 118 valence electrons. The second kappa shape index (κ2) is 5.71. The van der Waals surface area contributed by atoms with Gasteiger partial charge in [0.1, 0.15) is 6.10 Å². The van der Waals surface area contributed by atoms with Gasteiger partial charge in [0.15, 0.2) is 13.9 Å². The Morgan fingerprint density at radius 2 is 2.00 bits per heavy atom. The Bertz CT molecular complexity index is 520. The minimum Gasteiger partial charge on any atom is -0.417 e. The van der Waals surface area contributed by atoms with Gasteiger partial charge in [-0.25, -0.2) is 0 Å². The highest BCUT2D eigenvalue weighted by Gasteiger charge is 2.49. The maximum atomic E-state index is 12.5. The molecule has 0 aromatic rings. The van der Waals surface area contributed by atoms with Crippen LogP contribution in [-0.2, 0) is 14.0 Å². The first-order valence-corrected chi connectivity index (χ1v) is 11.6. The molecule has 2 bridgehead atoms. The molecular formula is C15H22Br2O3Si. The van der Waals surface area contributed by atoms with Gasteiger partial charge in [0, 0.05) is 17.5 Å². The molecule has 0 aromatic carbocycles. The smallest absolute Gasteiger partial charge is 0.206 e. The molecule has 2 aliphatic heterocycles. The molecule has 2 heterocycles. The Morgan fingerprint density at radius 1 is 1.38 bits per heavy atom. The van der Waals surface area contributed by atoms with E-state index in [2.05, 4.69) is 65.7 Å². The summed E-state index contributed by atoms with van der Waals surface area (Å²) >= 11 is 6.78. The van der Waals surface area contributed by atoms with Gasteiger partial charge in [0.05, 0.1) is 4.48 Å². The zero-order valence-electron chi connectivity index (χ0n) is 13.1. The van der Waals surface area contributed by atoms with Crippen LogP contribution in [0.5, 0.6) is 0 Å². The summed E-state index contributed by atoms with van der Waals surface area (Å²) in [7, 11) is -1.80. The highest BCUT2D eigenvalue weighted by atomic mass is 79.9. The van der Waals surface area contributed by atoms with Crippen LogP contribution in [0.3, 0.4) is 0 Å². The number of ether oxygens (including phenoxy) is 1. The third kappa shape index (κ3) is 3.15. The Balaban J connectivity index is 2.05. The van der Waals surface area contributed by atoms with Crippen molar-refractivity contribution in [3.63, 3.8) is 0 Å². The van der Waals surface area contributed by atoms with Crippen LogP contribution in [0.4, 0.5) is 0 Å². The van der Waals surface area contributed by atoms with E-state index in [4.69, 9.17) is 9.16 Å². The van der Waals surface area contributed by atoms with Crippen molar-refractivity contribution in [3.8, 4) is 0 Å². The van der Waals surface area contributed by atoms with Crippen LogP contribution in [0, 0.1) is 0 Å². The van der Waals surface area contributed by atoms with Crippen molar-refractivity contribution < 1.29 is 14.0 Å². The SMILES string of the molecule is CC(C)(C)[Si](C)(C)OCCC12C=CC(O1)C(Br)=C(Br)C2=O.